The zero-order valence-corrected chi connectivity index (χ0v) is 17.2. The molecule has 1 atom stereocenters. The van der Waals surface area contributed by atoms with E-state index in [1.165, 1.54) is 0 Å². The largest absolute Gasteiger partial charge is 0.497 e. The van der Waals surface area contributed by atoms with Crippen molar-refractivity contribution in [3.05, 3.63) is 60.8 Å². The Morgan fingerprint density at radius 3 is 2.71 bits per heavy atom. The highest BCUT2D eigenvalue weighted by Gasteiger charge is 2.38. The Hall–Kier alpha value is -3.81. The number of fused-ring (bicyclic) bond motifs is 1. The van der Waals surface area contributed by atoms with Crippen molar-refractivity contribution in [2.24, 2.45) is 0 Å². The number of imide groups is 1. The number of nitrogens with zero attached hydrogens (tertiary/aromatic N) is 2. The monoisotopic (exact) mass is 420 g/mol. The maximum Gasteiger partial charge on any atom is 0.329 e. The lowest BCUT2D eigenvalue weighted by Gasteiger charge is -2.12. The van der Waals surface area contributed by atoms with Crippen molar-refractivity contribution < 1.29 is 19.1 Å². The van der Waals surface area contributed by atoms with Crippen molar-refractivity contribution in [2.75, 3.05) is 18.6 Å². The highest BCUT2D eigenvalue weighted by atomic mass is 16.5. The standard InChI is InChI=1S/C23H24N4O4/c1-31-18-7-9-20-16(15-18)11-13-26(20)14-12-24-21(28)10-8-19-22(29)27(23(30)25-19)17-5-3-2-4-6-17/h2-7,9,11,13,15,19H,8,10,12,14H2,1H3,(H,24,28)(H,25,30)/t19-/m1/s1. The molecule has 1 fully saturated rings. The lowest BCUT2D eigenvalue weighted by atomic mass is 10.1. The predicted molar refractivity (Wildman–Crippen MR) is 117 cm³/mol. The average Bonchev–Trinajstić information content (AvgIpc) is 3.32. The fourth-order valence-electron chi connectivity index (χ4n) is 3.73. The summed E-state index contributed by atoms with van der Waals surface area (Å²) in [5.41, 5.74) is 1.59. The first-order valence-electron chi connectivity index (χ1n) is 10.2. The first-order chi connectivity index (χ1) is 15.1. The van der Waals surface area contributed by atoms with Gasteiger partial charge in [0, 0.05) is 36.6 Å². The number of amides is 4. The third-order valence-electron chi connectivity index (χ3n) is 5.35. The summed E-state index contributed by atoms with van der Waals surface area (Å²) in [6.07, 6.45) is 2.39. The molecule has 0 spiro atoms. The minimum absolute atomic E-state index is 0.154. The summed E-state index contributed by atoms with van der Waals surface area (Å²) in [6.45, 7) is 1.10. The topological polar surface area (TPSA) is 92.7 Å². The second kappa shape index (κ2) is 8.91. The van der Waals surface area contributed by atoms with Crippen LogP contribution in [0.4, 0.5) is 10.5 Å². The molecule has 1 saturated heterocycles. The molecule has 2 aromatic carbocycles. The highest BCUT2D eigenvalue weighted by molar-refractivity contribution is 6.21. The molecule has 4 amide bonds. The Labute approximate surface area is 179 Å². The molecular weight excluding hydrogens is 396 g/mol. The van der Waals surface area contributed by atoms with Gasteiger partial charge in [-0.05, 0) is 42.8 Å². The van der Waals surface area contributed by atoms with Gasteiger partial charge in [0.15, 0.2) is 0 Å². The van der Waals surface area contributed by atoms with Gasteiger partial charge in [0.05, 0.1) is 12.8 Å². The number of carbonyl (C=O) groups is 3. The van der Waals surface area contributed by atoms with Gasteiger partial charge in [-0.25, -0.2) is 9.69 Å². The van der Waals surface area contributed by atoms with Crippen molar-refractivity contribution in [3.8, 4) is 5.75 Å². The fraction of sp³-hybridized carbons (Fsp3) is 0.261. The number of methoxy groups -OCH3 is 1. The van der Waals surface area contributed by atoms with E-state index in [1.807, 2.05) is 36.5 Å². The van der Waals surface area contributed by atoms with Crippen molar-refractivity contribution in [3.63, 3.8) is 0 Å². The number of hydrogen-bond acceptors (Lipinski definition) is 4. The molecule has 0 unspecified atom stereocenters. The molecule has 31 heavy (non-hydrogen) atoms. The van der Waals surface area contributed by atoms with Crippen LogP contribution >= 0.6 is 0 Å². The van der Waals surface area contributed by atoms with Crippen molar-refractivity contribution in [1.29, 1.82) is 0 Å². The molecule has 8 nitrogen and oxygen atoms in total. The lowest BCUT2D eigenvalue weighted by molar-refractivity contribution is -0.121. The fourth-order valence-corrected chi connectivity index (χ4v) is 3.73. The Kier molecular flexibility index (Phi) is 5.88. The molecule has 3 aromatic rings. The van der Waals surface area contributed by atoms with Gasteiger partial charge in [0.25, 0.3) is 5.91 Å². The van der Waals surface area contributed by atoms with Crippen LogP contribution in [-0.4, -0.2) is 42.1 Å². The number of benzene rings is 2. The number of hydrogen-bond donors (Lipinski definition) is 2. The Morgan fingerprint density at radius 1 is 1.13 bits per heavy atom. The molecule has 8 heteroatoms. The van der Waals surface area contributed by atoms with Crippen molar-refractivity contribution in [1.82, 2.24) is 15.2 Å². The van der Waals surface area contributed by atoms with E-state index in [2.05, 4.69) is 15.2 Å². The zero-order chi connectivity index (χ0) is 21.8. The van der Waals surface area contributed by atoms with Gasteiger partial charge < -0.3 is 19.9 Å². The Balaban J connectivity index is 1.25. The molecule has 1 aliphatic heterocycles. The van der Waals surface area contributed by atoms with E-state index >= 15 is 0 Å². The van der Waals surface area contributed by atoms with E-state index in [9.17, 15) is 14.4 Å². The SMILES string of the molecule is COc1ccc2c(ccn2CCNC(=O)CC[C@H]2NC(=O)N(c3ccccc3)C2=O)c1. The number of carbonyl (C=O) groups excluding carboxylic acids is 3. The van der Waals surface area contributed by atoms with Gasteiger partial charge in [0.2, 0.25) is 5.91 Å². The van der Waals surface area contributed by atoms with Gasteiger partial charge in [-0.2, -0.15) is 0 Å². The third-order valence-corrected chi connectivity index (χ3v) is 5.35. The lowest BCUT2D eigenvalue weighted by Crippen LogP contribution is -2.33. The van der Waals surface area contributed by atoms with Crippen molar-refractivity contribution >= 4 is 34.4 Å². The molecule has 2 heterocycles. The molecular formula is C23H24N4O4. The molecule has 2 N–H and O–H groups in total. The zero-order valence-electron chi connectivity index (χ0n) is 17.2. The van der Waals surface area contributed by atoms with E-state index in [4.69, 9.17) is 4.74 Å². The summed E-state index contributed by atoms with van der Waals surface area (Å²) in [5, 5.41) is 6.61. The van der Waals surface area contributed by atoms with Crippen LogP contribution in [0.3, 0.4) is 0 Å². The first kappa shape index (κ1) is 20.5. The van der Waals surface area contributed by atoms with Gasteiger partial charge in [0.1, 0.15) is 11.8 Å². The molecule has 160 valence electrons. The number of urea groups is 1. The van der Waals surface area contributed by atoms with Crippen LogP contribution in [0.1, 0.15) is 12.8 Å². The minimum Gasteiger partial charge on any atom is -0.497 e. The van der Waals surface area contributed by atoms with Gasteiger partial charge in [-0.3, -0.25) is 9.59 Å². The number of rotatable bonds is 8. The molecule has 0 bridgehead atoms. The molecule has 4 rings (SSSR count). The van der Waals surface area contributed by atoms with E-state index < -0.39 is 12.1 Å². The number of nitrogens with one attached hydrogen (secondary N) is 2. The van der Waals surface area contributed by atoms with Crippen LogP contribution in [0, 0.1) is 0 Å². The Morgan fingerprint density at radius 2 is 1.94 bits per heavy atom. The van der Waals surface area contributed by atoms with E-state index in [1.54, 1.807) is 31.4 Å². The third kappa shape index (κ3) is 4.37. The van der Waals surface area contributed by atoms with Crippen molar-refractivity contribution in [2.45, 2.75) is 25.4 Å². The van der Waals surface area contributed by atoms with Gasteiger partial charge in [-0.1, -0.05) is 18.2 Å². The number of aromatic nitrogens is 1. The molecule has 0 saturated carbocycles. The van der Waals surface area contributed by atoms with Crippen LogP contribution in [-0.2, 0) is 16.1 Å². The smallest absolute Gasteiger partial charge is 0.329 e. The normalized spacial score (nSPS) is 15.9. The number of anilines is 1. The summed E-state index contributed by atoms with van der Waals surface area (Å²) in [5.74, 6) is 0.314. The maximum absolute atomic E-state index is 12.6. The molecule has 1 aromatic heterocycles. The van der Waals surface area contributed by atoms with E-state index in [0.29, 0.717) is 18.8 Å². The first-order valence-corrected chi connectivity index (χ1v) is 10.2. The van der Waals surface area contributed by atoms with Crippen LogP contribution in [0.5, 0.6) is 5.75 Å². The quantitative estimate of drug-likeness (QED) is 0.548. The van der Waals surface area contributed by atoms with Crippen LogP contribution in [0.25, 0.3) is 10.9 Å². The Bertz CT molecular complexity index is 1110. The number of para-hydroxylation sites is 1. The maximum atomic E-state index is 12.6. The number of ether oxygens (including phenoxy) is 1. The van der Waals surface area contributed by atoms with Crippen LogP contribution in [0.2, 0.25) is 0 Å². The summed E-state index contributed by atoms with van der Waals surface area (Å²) >= 11 is 0. The second-order valence-corrected chi connectivity index (χ2v) is 7.33. The summed E-state index contributed by atoms with van der Waals surface area (Å²) in [4.78, 5) is 38.1. The predicted octanol–water partition coefficient (Wildman–Crippen LogP) is 2.67. The summed E-state index contributed by atoms with van der Waals surface area (Å²) < 4.78 is 7.30. The second-order valence-electron chi connectivity index (χ2n) is 7.33. The molecule has 0 radical (unpaired) electrons. The minimum atomic E-state index is -0.693. The van der Waals surface area contributed by atoms with Gasteiger partial charge >= 0.3 is 6.03 Å². The molecule has 1 aliphatic rings. The molecule has 0 aliphatic carbocycles. The average molecular weight is 420 g/mol. The van der Waals surface area contributed by atoms with Crippen LogP contribution < -0.4 is 20.3 Å². The van der Waals surface area contributed by atoms with E-state index in [-0.39, 0.29) is 24.7 Å². The van der Waals surface area contributed by atoms with E-state index in [0.717, 1.165) is 21.6 Å². The summed E-state index contributed by atoms with van der Waals surface area (Å²) in [6, 6.07) is 15.5. The summed E-state index contributed by atoms with van der Waals surface area (Å²) in [7, 11) is 1.64. The highest BCUT2D eigenvalue weighted by Crippen LogP contribution is 2.22. The van der Waals surface area contributed by atoms with Crippen LogP contribution in [0.15, 0.2) is 60.8 Å². The van der Waals surface area contributed by atoms with Gasteiger partial charge in [-0.15, -0.1) is 0 Å².